The maximum atomic E-state index is 13.0. The van der Waals surface area contributed by atoms with Crippen molar-refractivity contribution in [1.82, 2.24) is 9.97 Å². The quantitative estimate of drug-likeness (QED) is 0.347. The Kier molecular flexibility index (Phi) is 6.58. The molecule has 1 aromatic carbocycles. The van der Waals surface area contributed by atoms with E-state index in [0.717, 1.165) is 0 Å². The van der Waals surface area contributed by atoms with Crippen LogP contribution in [0.4, 0.5) is 5.82 Å². The van der Waals surface area contributed by atoms with Crippen LogP contribution in [0, 0.1) is 4.77 Å². The number of H-pyrrole nitrogens is 2. The molecule has 1 aromatic heterocycles. The SMILES string of the molecule is COCCOC(=O)C1=C(C)Nc2[nH]c(=S)[nH]c(=O)c2C1c1ccc(OC)c(OC)c1. The summed E-state index contributed by atoms with van der Waals surface area (Å²) in [5.74, 6) is 0.160. The van der Waals surface area contributed by atoms with E-state index < -0.39 is 17.4 Å². The molecule has 2 heterocycles. The number of fused-ring (bicyclic) bond motifs is 1. The number of carbonyl (C=O) groups is 1. The lowest BCUT2D eigenvalue weighted by atomic mass is 9.82. The predicted molar refractivity (Wildman–Crippen MR) is 113 cm³/mol. The third-order valence-electron chi connectivity index (χ3n) is 4.75. The Morgan fingerprint density at radius 2 is 1.83 bits per heavy atom. The first-order valence-electron chi connectivity index (χ1n) is 9.13. The summed E-state index contributed by atoms with van der Waals surface area (Å²) in [6.45, 7) is 2.09. The van der Waals surface area contributed by atoms with Crippen molar-refractivity contribution in [2.75, 3.05) is 39.9 Å². The summed E-state index contributed by atoms with van der Waals surface area (Å²) >= 11 is 5.09. The van der Waals surface area contributed by atoms with Gasteiger partial charge in [0.25, 0.3) is 5.56 Å². The van der Waals surface area contributed by atoms with Crippen molar-refractivity contribution >= 4 is 24.0 Å². The summed E-state index contributed by atoms with van der Waals surface area (Å²) in [6.07, 6.45) is 0. The molecule has 3 rings (SSSR count). The van der Waals surface area contributed by atoms with Crippen molar-refractivity contribution in [3.05, 3.63) is 55.7 Å². The molecule has 1 unspecified atom stereocenters. The fraction of sp³-hybridized carbons (Fsp3) is 0.350. The van der Waals surface area contributed by atoms with Gasteiger partial charge in [0.05, 0.1) is 37.9 Å². The zero-order valence-electron chi connectivity index (χ0n) is 17.1. The predicted octanol–water partition coefficient (Wildman–Crippen LogP) is 2.47. The first kappa shape index (κ1) is 21.6. The van der Waals surface area contributed by atoms with Crippen LogP contribution in [0.25, 0.3) is 0 Å². The van der Waals surface area contributed by atoms with Crippen LogP contribution < -0.4 is 20.3 Å². The molecular weight excluding hydrogens is 410 g/mol. The van der Waals surface area contributed by atoms with E-state index in [1.807, 2.05) is 0 Å². The largest absolute Gasteiger partial charge is 0.493 e. The second-order valence-electron chi connectivity index (χ2n) is 6.54. The summed E-state index contributed by atoms with van der Waals surface area (Å²) < 4.78 is 21.2. The highest BCUT2D eigenvalue weighted by Gasteiger charge is 2.36. The molecule has 0 saturated carbocycles. The summed E-state index contributed by atoms with van der Waals surface area (Å²) in [7, 11) is 4.57. The van der Waals surface area contributed by atoms with E-state index in [1.54, 1.807) is 25.1 Å². The van der Waals surface area contributed by atoms with Gasteiger partial charge in [-0.05, 0) is 36.8 Å². The number of aromatic amines is 2. The lowest BCUT2D eigenvalue weighted by Gasteiger charge is -2.29. The molecule has 160 valence electrons. The van der Waals surface area contributed by atoms with Crippen LogP contribution in [0.5, 0.6) is 11.5 Å². The smallest absolute Gasteiger partial charge is 0.336 e. The molecule has 0 radical (unpaired) electrons. The van der Waals surface area contributed by atoms with Crippen molar-refractivity contribution in [3.8, 4) is 11.5 Å². The van der Waals surface area contributed by atoms with Gasteiger partial charge in [-0.3, -0.25) is 9.78 Å². The molecule has 0 spiro atoms. The second-order valence-corrected chi connectivity index (χ2v) is 6.94. The fourth-order valence-corrected chi connectivity index (χ4v) is 3.61. The van der Waals surface area contributed by atoms with Gasteiger partial charge in [-0.15, -0.1) is 0 Å². The van der Waals surface area contributed by atoms with Gasteiger partial charge in [0.15, 0.2) is 16.3 Å². The number of benzene rings is 1. The summed E-state index contributed by atoms with van der Waals surface area (Å²) in [6, 6.07) is 5.23. The highest BCUT2D eigenvalue weighted by molar-refractivity contribution is 7.71. The van der Waals surface area contributed by atoms with Gasteiger partial charge in [-0.2, -0.15) is 0 Å². The molecule has 1 aliphatic heterocycles. The topological polar surface area (TPSA) is 115 Å². The average Bonchev–Trinajstić information content (AvgIpc) is 2.72. The minimum Gasteiger partial charge on any atom is -0.493 e. The number of hydrogen-bond donors (Lipinski definition) is 3. The number of rotatable bonds is 7. The molecule has 0 amide bonds. The molecule has 2 aromatic rings. The van der Waals surface area contributed by atoms with Crippen LogP contribution in [0.1, 0.15) is 24.0 Å². The standard InChI is InChI=1S/C20H23N3O6S/c1-10-14(19(25)29-8-7-26-2)15(11-5-6-12(27-3)13(9-11)28-4)16-17(21-10)22-20(30)23-18(16)24/h5-6,9,15H,7-8H2,1-4H3,(H3,21,22,23,24,30). The number of hydrogen-bond acceptors (Lipinski definition) is 8. The van der Waals surface area contributed by atoms with Gasteiger partial charge < -0.3 is 29.2 Å². The van der Waals surface area contributed by atoms with Crippen molar-refractivity contribution in [2.45, 2.75) is 12.8 Å². The van der Waals surface area contributed by atoms with Gasteiger partial charge in [0.2, 0.25) is 0 Å². The molecular formula is C20H23N3O6S. The van der Waals surface area contributed by atoms with Crippen molar-refractivity contribution in [2.24, 2.45) is 0 Å². The van der Waals surface area contributed by atoms with E-state index in [-0.39, 0.29) is 18.0 Å². The number of anilines is 1. The summed E-state index contributed by atoms with van der Waals surface area (Å²) in [5.41, 5.74) is 1.42. The van der Waals surface area contributed by atoms with E-state index in [2.05, 4.69) is 15.3 Å². The minimum absolute atomic E-state index is 0.0885. The average molecular weight is 433 g/mol. The Balaban J connectivity index is 2.20. The molecule has 1 atom stereocenters. The molecule has 0 fully saturated rings. The first-order valence-corrected chi connectivity index (χ1v) is 9.54. The van der Waals surface area contributed by atoms with Gasteiger partial charge in [0, 0.05) is 12.8 Å². The van der Waals surface area contributed by atoms with Gasteiger partial charge in [0.1, 0.15) is 12.4 Å². The van der Waals surface area contributed by atoms with E-state index in [1.165, 1.54) is 21.3 Å². The molecule has 30 heavy (non-hydrogen) atoms. The molecule has 10 heteroatoms. The van der Waals surface area contributed by atoms with E-state index in [4.69, 9.17) is 31.2 Å². The molecule has 1 aliphatic rings. The second kappa shape index (κ2) is 9.14. The number of aromatic nitrogens is 2. The normalized spacial score (nSPS) is 15.3. The van der Waals surface area contributed by atoms with Crippen LogP contribution in [0.2, 0.25) is 0 Å². The summed E-state index contributed by atoms with van der Waals surface area (Å²) in [5, 5.41) is 3.06. The Hall–Kier alpha value is -3.11. The first-order chi connectivity index (χ1) is 14.4. The highest BCUT2D eigenvalue weighted by Crippen LogP contribution is 2.42. The van der Waals surface area contributed by atoms with E-state index >= 15 is 0 Å². The lowest BCUT2D eigenvalue weighted by Crippen LogP contribution is -2.31. The molecule has 0 saturated heterocycles. The van der Waals surface area contributed by atoms with Crippen molar-refractivity contribution < 1.29 is 23.7 Å². The van der Waals surface area contributed by atoms with Crippen LogP contribution >= 0.6 is 12.2 Å². The number of allylic oxidation sites excluding steroid dienone is 1. The number of esters is 1. The molecule has 3 N–H and O–H groups in total. The zero-order valence-corrected chi connectivity index (χ0v) is 17.9. The Morgan fingerprint density at radius 3 is 2.50 bits per heavy atom. The van der Waals surface area contributed by atoms with E-state index in [0.29, 0.717) is 39.7 Å². The number of ether oxygens (including phenoxy) is 4. The van der Waals surface area contributed by atoms with Crippen molar-refractivity contribution in [3.63, 3.8) is 0 Å². The molecule has 0 bridgehead atoms. The number of nitrogens with one attached hydrogen (secondary N) is 3. The molecule has 0 aliphatic carbocycles. The Labute approximate surface area is 178 Å². The van der Waals surface area contributed by atoms with Gasteiger partial charge in [-0.1, -0.05) is 6.07 Å². The van der Waals surface area contributed by atoms with Crippen LogP contribution in [0.3, 0.4) is 0 Å². The number of methoxy groups -OCH3 is 3. The number of carbonyl (C=O) groups excluding carboxylic acids is 1. The monoisotopic (exact) mass is 433 g/mol. The maximum Gasteiger partial charge on any atom is 0.336 e. The maximum absolute atomic E-state index is 13.0. The summed E-state index contributed by atoms with van der Waals surface area (Å²) in [4.78, 5) is 31.3. The fourth-order valence-electron chi connectivity index (χ4n) is 3.42. The highest BCUT2D eigenvalue weighted by atomic mass is 32.1. The van der Waals surface area contributed by atoms with E-state index in [9.17, 15) is 9.59 Å². The zero-order chi connectivity index (χ0) is 21.8. The van der Waals surface area contributed by atoms with Gasteiger partial charge in [-0.25, -0.2) is 4.79 Å². The lowest BCUT2D eigenvalue weighted by molar-refractivity contribution is -0.140. The van der Waals surface area contributed by atoms with Crippen molar-refractivity contribution in [1.29, 1.82) is 0 Å². The third-order valence-corrected chi connectivity index (χ3v) is 4.96. The van der Waals surface area contributed by atoms with Crippen LogP contribution in [-0.4, -0.2) is 50.5 Å². The Morgan fingerprint density at radius 1 is 1.10 bits per heavy atom. The Bertz CT molecular complexity index is 1100. The molecule has 9 nitrogen and oxygen atoms in total. The van der Waals surface area contributed by atoms with Gasteiger partial charge >= 0.3 is 5.97 Å². The van der Waals surface area contributed by atoms with Crippen LogP contribution in [-0.2, 0) is 14.3 Å². The van der Waals surface area contributed by atoms with Crippen LogP contribution in [0.15, 0.2) is 34.3 Å². The minimum atomic E-state index is -0.716. The third kappa shape index (κ3) is 4.10.